The maximum atomic E-state index is 11.7. The Labute approximate surface area is 102 Å². The Bertz CT molecular complexity index is 238. The smallest absolute Gasteiger partial charge is 0.230 e. The van der Waals surface area contributed by atoms with Gasteiger partial charge in [0.1, 0.15) is 0 Å². The Morgan fingerprint density at radius 3 is 2.69 bits per heavy atom. The monoisotopic (exact) mass is 245 g/mol. The number of rotatable bonds is 4. The van der Waals surface area contributed by atoms with Gasteiger partial charge >= 0.3 is 0 Å². The van der Waals surface area contributed by atoms with Crippen LogP contribution in [-0.4, -0.2) is 34.2 Å². The van der Waals surface area contributed by atoms with Crippen LogP contribution in [0.5, 0.6) is 0 Å². The molecule has 0 aromatic carbocycles. The first kappa shape index (κ1) is 13.8. The third-order valence-electron chi connectivity index (χ3n) is 2.88. The van der Waals surface area contributed by atoms with Crippen LogP contribution >= 0.6 is 11.8 Å². The summed E-state index contributed by atoms with van der Waals surface area (Å²) in [6, 6.07) is 0.193. The quantitative estimate of drug-likeness (QED) is 0.794. The number of nitrogens with one attached hydrogen (secondary N) is 1. The molecular weight excluding hydrogens is 222 g/mol. The Kier molecular flexibility index (Phi) is 5.12. The molecule has 2 N–H and O–H groups in total. The van der Waals surface area contributed by atoms with Crippen molar-refractivity contribution in [3.63, 3.8) is 0 Å². The molecule has 1 aliphatic carbocycles. The van der Waals surface area contributed by atoms with Gasteiger partial charge < -0.3 is 10.4 Å². The number of amides is 1. The van der Waals surface area contributed by atoms with Gasteiger partial charge in [0.25, 0.3) is 0 Å². The molecule has 94 valence electrons. The van der Waals surface area contributed by atoms with E-state index in [0.29, 0.717) is 5.75 Å². The van der Waals surface area contributed by atoms with Crippen LogP contribution in [0.3, 0.4) is 0 Å². The van der Waals surface area contributed by atoms with Gasteiger partial charge in [-0.1, -0.05) is 27.2 Å². The number of carbonyl (C=O) groups excluding carboxylic acids is 1. The number of aliphatic hydroxyl groups excluding tert-OH is 1. The zero-order valence-corrected chi connectivity index (χ0v) is 11.3. The highest BCUT2D eigenvalue weighted by atomic mass is 32.2. The Hall–Kier alpha value is -0.220. The summed E-state index contributed by atoms with van der Waals surface area (Å²) in [5, 5.41) is 12.2. The molecule has 1 saturated carbocycles. The second kappa shape index (κ2) is 5.92. The van der Waals surface area contributed by atoms with E-state index in [1.165, 1.54) is 0 Å². The van der Waals surface area contributed by atoms with E-state index in [2.05, 4.69) is 26.1 Å². The first-order valence-electron chi connectivity index (χ1n) is 5.96. The van der Waals surface area contributed by atoms with Crippen molar-refractivity contribution < 1.29 is 9.90 Å². The predicted octanol–water partition coefficient (Wildman–Crippen LogP) is 1.80. The summed E-state index contributed by atoms with van der Waals surface area (Å²) < 4.78 is 0.128. The zero-order chi connectivity index (χ0) is 12.2. The van der Waals surface area contributed by atoms with Crippen LogP contribution in [0.2, 0.25) is 0 Å². The summed E-state index contributed by atoms with van der Waals surface area (Å²) in [5.74, 6) is 0.881. The van der Waals surface area contributed by atoms with Crippen LogP contribution in [0, 0.1) is 5.92 Å². The van der Waals surface area contributed by atoms with Crippen molar-refractivity contribution in [2.24, 2.45) is 5.92 Å². The number of aliphatic hydroxyl groups is 1. The number of hydrogen-bond donors (Lipinski definition) is 2. The van der Waals surface area contributed by atoms with Crippen molar-refractivity contribution in [2.45, 2.75) is 50.8 Å². The minimum atomic E-state index is 0.102. The summed E-state index contributed by atoms with van der Waals surface area (Å²) in [7, 11) is 0. The molecule has 2 atom stereocenters. The van der Waals surface area contributed by atoms with Gasteiger partial charge in [-0.2, -0.15) is 0 Å². The maximum absolute atomic E-state index is 11.7. The van der Waals surface area contributed by atoms with Gasteiger partial charge in [0, 0.05) is 23.3 Å². The third-order valence-corrected chi connectivity index (χ3v) is 4.15. The SMILES string of the molecule is CC(C)(C)SCC(=O)NC1CCCC1CO. The van der Waals surface area contributed by atoms with Crippen molar-refractivity contribution in [3.8, 4) is 0 Å². The van der Waals surface area contributed by atoms with Crippen molar-refractivity contribution >= 4 is 17.7 Å². The predicted molar refractivity (Wildman–Crippen MR) is 68.6 cm³/mol. The van der Waals surface area contributed by atoms with Gasteiger partial charge in [-0.15, -0.1) is 11.8 Å². The summed E-state index contributed by atoms with van der Waals surface area (Å²) in [6.45, 7) is 6.52. The largest absolute Gasteiger partial charge is 0.396 e. The standard InChI is InChI=1S/C12H23NO2S/c1-12(2,3)16-8-11(15)13-10-6-4-5-9(10)7-14/h9-10,14H,4-8H2,1-3H3,(H,13,15). The molecule has 1 aliphatic rings. The third kappa shape index (κ3) is 4.74. The molecule has 1 amide bonds. The van der Waals surface area contributed by atoms with Crippen LogP contribution in [0.1, 0.15) is 40.0 Å². The highest BCUT2D eigenvalue weighted by molar-refractivity contribution is 8.01. The molecule has 4 heteroatoms. The normalized spacial score (nSPS) is 25.8. The van der Waals surface area contributed by atoms with Crippen LogP contribution < -0.4 is 5.32 Å². The van der Waals surface area contributed by atoms with Gasteiger partial charge in [0.2, 0.25) is 5.91 Å². The van der Waals surface area contributed by atoms with E-state index in [1.54, 1.807) is 11.8 Å². The average molecular weight is 245 g/mol. The molecule has 1 fully saturated rings. The highest BCUT2D eigenvalue weighted by Gasteiger charge is 2.28. The van der Waals surface area contributed by atoms with Crippen molar-refractivity contribution in [1.29, 1.82) is 0 Å². The lowest BCUT2D eigenvalue weighted by atomic mass is 10.1. The molecule has 0 saturated heterocycles. The summed E-state index contributed by atoms with van der Waals surface area (Å²) in [4.78, 5) is 11.7. The molecule has 16 heavy (non-hydrogen) atoms. The first-order chi connectivity index (χ1) is 7.42. The second-order valence-corrected chi connectivity index (χ2v) is 7.25. The Morgan fingerprint density at radius 1 is 1.44 bits per heavy atom. The average Bonchev–Trinajstić information content (AvgIpc) is 2.61. The molecule has 0 spiro atoms. The number of thioether (sulfide) groups is 1. The van der Waals surface area contributed by atoms with Gasteiger partial charge in [-0.05, 0) is 12.8 Å². The topological polar surface area (TPSA) is 49.3 Å². The lowest BCUT2D eigenvalue weighted by Gasteiger charge is -2.21. The molecule has 0 aromatic heterocycles. The molecule has 0 bridgehead atoms. The second-order valence-electron chi connectivity index (χ2n) is 5.45. The van der Waals surface area contributed by atoms with E-state index < -0.39 is 0 Å². The molecular formula is C12H23NO2S. The maximum Gasteiger partial charge on any atom is 0.230 e. The lowest BCUT2D eigenvalue weighted by molar-refractivity contribution is -0.119. The van der Waals surface area contributed by atoms with Crippen LogP contribution in [0.25, 0.3) is 0 Å². The van der Waals surface area contributed by atoms with Gasteiger partial charge in [-0.25, -0.2) is 0 Å². The molecule has 3 nitrogen and oxygen atoms in total. The zero-order valence-electron chi connectivity index (χ0n) is 10.5. The lowest BCUT2D eigenvalue weighted by Crippen LogP contribution is -2.39. The molecule has 0 aromatic rings. The summed E-state index contributed by atoms with van der Waals surface area (Å²) in [6.07, 6.45) is 3.16. The Morgan fingerprint density at radius 2 is 2.12 bits per heavy atom. The summed E-state index contributed by atoms with van der Waals surface area (Å²) >= 11 is 1.66. The fourth-order valence-corrected chi connectivity index (χ4v) is 2.62. The number of carbonyl (C=O) groups is 1. The molecule has 0 aliphatic heterocycles. The molecule has 0 radical (unpaired) electrons. The molecule has 1 rings (SSSR count). The van der Waals surface area contributed by atoms with Crippen LogP contribution in [-0.2, 0) is 4.79 Å². The van der Waals surface area contributed by atoms with E-state index in [9.17, 15) is 4.79 Å². The number of hydrogen-bond acceptors (Lipinski definition) is 3. The van der Waals surface area contributed by atoms with E-state index in [1.807, 2.05) is 0 Å². The van der Waals surface area contributed by atoms with E-state index >= 15 is 0 Å². The summed E-state index contributed by atoms with van der Waals surface area (Å²) in [5.41, 5.74) is 0. The fraction of sp³-hybridized carbons (Fsp3) is 0.917. The fourth-order valence-electron chi connectivity index (χ4n) is 1.98. The van der Waals surface area contributed by atoms with Gasteiger partial charge in [0.15, 0.2) is 0 Å². The van der Waals surface area contributed by atoms with Crippen LogP contribution in [0.15, 0.2) is 0 Å². The Balaban J connectivity index is 2.28. The van der Waals surface area contributed by atoms with Crippen molar-refractivity contribution in [2.75, 3.05) is 12.4 Å². The highest BCUT2D eigenvalue weighted by Crippen LogP contribution is 2.26. The van der Waals surface area contributed by atoms with E-state index in [4.69, 9.17) is 5.11 Å². The minimum absolute atomic E-state index is 0.102. The van der Waals surface area contributed by atoms with Crippen LogP contribution in [0.4, 0.5) is 0 Å². The molecule has 0 heterocycles. The van der Waals surface area contributed by atoms with E-state index in [0.717, 1.165) is 19.3 Å². The van der Waals surface area contributed by atoms with Gasteiger partial charge in [0.05, 0.1) is 5.75 Å². The van der Waals surface area contributed by atoms with E-state index in [-0.39, 0.29) is 29.2 Å². The first-order valence-corrected chi connectivity index (χ1v) is 6.95. The molecule has 2 unspecified atom stereocenters. The van der Waals surface area contributed by atoms with Crippen molar-refractivity contribution in [3.05, 3.63) is 0 Å². The van der Waals surface area contributed by atoms with Gasteiger partial charge in [-0.3, -0.25) is 4.79 Å². The minimum Gasteiger partial charge on any atom is -0.396 e. The van der Waals surface area contributed by atoms with Crippen molar-refractivity contribution in [1.82, 2.24) is 5.32 Å².